The number of carbonyl (C=O) groups is 1. The molecule has 0 spiro atoms. The summed E-state index contributed by atoms with van der Waals surface area (Å²) in [6.07, 6.45) is 4.00. The fourth-order valence-corrected chi connectivity index (χ4v) is 2.51. The topological polar surface area (TPSA) is 17.1 Å². The number of rotatable bonds is 0. The van der Waals surface area contributed by atoms with E-state index < -0.39 is 0 Å². The van der Waals surface area contributed by atoms with Gasteiger partial charge in [0.05, 0.1) is 0 Å². The number of fused-ring (bicyclic) bond motifs is 1. The lowest BCUT2D eigenvalue weighted by molar-refractivity contribution is 0.0977. The minimum atomic E-state index is 0.321. The van der Waals surface area contributed by atoms with Gasteiger partial charge in [-0.3, -0.25) is 4.79 Å². The van der Waals surface area contributed by atoms with E-state index in [9.17, 15) is 4.79 Å². The van der Waals surface area contributed by atoms with E-state index in [0.717, 1.165) is 18.4 Å². The van der Waals surface area contributed by atoms with E-state index in [4.69, 9.17) is 0 Å². The number of alkyl halides is 1. The van der Waals surface area contributed by atoms with Crippen LogP contribution in [0.4, 0.5) is 0 Å². The average Bonchev–Trinajstić information content (AvgIpc) is 2.21. The first kappa shape index (κ1) is 10.1. The Kier molecular flexibility index (Phi) is 3.21. The van der Waals surface area contributed by atoms with Crippen LogP contribution in [0.3, 0.4) is 0 Å². The Hall–Kier alpha value is -0.380. The minimum Gasteiger partial charge on any atom is -0.294 e. The second-order valence-electron chi connectivity index (χ2n) is 3.75. The largest absolute Gasteiger partial charge is 0.294 e. The Morgan fingerprint density at radius 2 is 1.86 bits per heavy atom. The first-order chi connectivity index (χ1) is 6.77. The molecule has 2 rings (SSSR count). The standard InChI is InChI=1S/C12H13IO/c13-10-6-5-9-3-1-2-4-11(9)12(14)8-7-10/h1-4,10H,5-8H2. The normalized spacial score (nSPS) is 22.4. The minimum absolute atomic E-state index is 0.321. The average molecular weight is 300 g/mol. The summed E-state index contributed by atoms with van der Waals surface area (Å²) < 4.78 is 0.657. The van der Waals surface area contributed by atoms with Crippen molar-refractivity contribution >= 4 is 28.4 Å². The lowest BCUT2D eigenvalue weighted by Crippen LogP contribution is -2.12. The molecule has 1 aromatic rings. The maximum atomic E-state index is 11.8. The van der Waals surface area contributed by atoms with E-state index in [2.05, 4.69) is 28.7 Å². The van der Waals surface area contributed by atoms with Crippen molar-refractivity contribution in [3.8, 4) is 0 Å². The van der Waals surface area contributed by atoms with Gasteiger partial charge in [-0.15, -0.1) is 0 Å². The zero-order valence-corrected chi connectivity index (χ0v) is 10.2. The summed E-state index contributed by atoms with van der Waals surface area (Å²) in [5, 5.41) is 0. The van der Waals surface area contributed by atoms with Crippen molar-refractivity contribution in [3.63, 3.8) is 0 Å². The molecule has 1 nitrogen and oxygen atoms in total. The fourth-order valence-electron chi connectivity index (χ4n) is 1.89. The van der Waals surface area contributed by atoms with E-state index in [1.54, 1.807) is 0 Å². The second kappa shape index (κ2) is 4.43. The third kappa shape index (κ3) is 2.16. The van der Waals surface area contributed by atoms with Crippen LogP contribution < -0.4 is 0 Å². The van der Waals surface area contributed by atoms with Crippen LogP contribution >= 0.6 is 22.6 Å². The van der Waals surface area contributed by atoms with Crippen LogP contribution in [0.15, 0.2) is 24.3 Å². The zero-order valence-electron chi connectivity index (χ0n) is 8.00. The van der Waals surface area contributed by atoms with Gasteiger partial charge in [0.25, 0.3) is 0 Å². The fraction of sp³-hybridized carbons (Fsp3) is 0.417. The van der Waals surface area contributed by atoms with Crippen LogP contribution in [0.25, 0.3) is 0 Å². The van der Waals surface area contributed by atoms with Crippen LogP contribution in [0.5, 0.6) is 0 Å². The molecule has 0 bridgehead atoms. The highest BCUT2D eigenvalue weighted by Gasteiger charge is 2.17. The number of ketones is 1. The predicted octanol–water partition coefficient (Wildman–Crippen LogP) is 3.40. The van der Waals surface area contributed by atoms with Crippen molar-refractivity contribution < 1.29 is 4.79 Å². The number of hydrogen-bond acceptors (Lipinski definition) is 1. The Morgan fingerprint density at radius 1 is 1.14 bits per heavy atom. The van der Waals surface area contributed by atoms with Crippen molar-refractivity contribution in [1.82, 2.24) is 0 Å². The molecule has 0 saturated heterocycles. The predicted molar refractivity (Wildman–Crippen MR) is 66.1 cm³/mol. The lowest BCUT2D eigenvalue weighted by atomic mass is 9.93. The Morgan fingerprint density at radius 3 is 2.71 bits per heavy atom. The van der Waals surface area contributed by atoms with Gasteiger partial charge in [-0.25, -0.2) is 0 Å². The van der Waals surface area contributed by atoms with Gasteiger partial charge >= 0.3 is 0 Å². The molecule has 0 amide bonds. The van der Waals surface area contributed by atoms with Gasteiger partial charge in [-0.05, 0) is 24.8 Å². The van der Waals surface area contributed by atoms with E-state index >= 15 is 0 Å². The number of halogens is 1. The monoisotopic (exact) mass is 300 g/mol. The Labute approximate surface area is 98.0 Å². The van der Waals surface area contributed by atoms with Crippen LogP contribution in [0.2, 0.25) is 0 Å². The molecule has 1 unspecified atom stereocenters. The van der Waals surface area contributed by atoms with E-state index in [0.29, 0.717) is 16.1 Å². The van der Waals surface area contributed by atoms with Gasteiger partial charge < -0.3 is 0 Å². The zero-order chi connectivity index (χ0) is 9.97. The van der Waals surface area contributed by atoms with Crippen molar-refractivity contribution in [2.45, 2.75) is 29.6 Å². The van der Waals surface area contributed by atoms with Gasteiger partial charge in [0.2, 0.25) is 0 Å². The molecule has 74 valence electrons. The van der Waals surface area contributed by atoms with Crippen molar-refractivity contribution in [2.75, 3.05) is 0 Å². The summed E-state index contributed by atoms with van der Waals surface area (Å²) in [6.45, 7) is 0. The summed E-state index contributed by atoms with van der Waals surface area (Å²) >= 11 is 2.46. The van der Waals surface area contributed by atoms with E-state index in [1.807, 2.05) is 18.2 Å². The van der Waals surface area contributed by atoms with Crippen LogP contribution in [-0.2, 0) is 6.42 Å². The summed E-state index contributed by atoms with van der Waals surface area (Å²) in [4.78, 5) is 11.8. The maximum absolute atomic E-state index is 11.8. The molecule has 0 N–H and O–H groups in total. The van der Waals surface area contributed by atoms with Crippen LogP contribution in [0, 0.1) is 0 Å². The number of aryl methyl sites for hydroxylation is 1. The van der Waals surface area contributed by atoms with Crippen molar-refractivity contribution in [3.05, 3.63) is 35.4 Å². The molecule has 0 aliphatic heterocycles. The van der Waals surface area contributed by atoms with Crippen LogP contribution in [0.1, 0.15) is 35.2 Å². The first-order valence-corrected chi connectivity index (χ1v) is 6.27. The molecule has 0 aromatic heterocycles. The molecular formula is C12H13IO. The molecule has 1 aromatic carbocycles. The molecule has 2 heteroatoms. The summed E-state index contributed by atoms with van der Waals surface area (Å²) in [5.41, 5.74) is 2.19. The molecule has 14 heavy (non-hydrogen) atoms. The molecule has 1 aliphatic carbocycles. The van der Waals surface area contributed by atoms with Crippen molar-refractivity contribution in [2.24, 2.45) is 0 Å². The number of carbonyl (C=O) groups excluding carboxylic acids is 1. The molecule has 0 fully saturated rings. The van der Waals surface area contributed by atoms with Crippen molar-refractivity contribution in [1.29, 1.82) is 0 Å². The van der Waals surface area contributed by atoms with Gasteiger partial charge in [0.1, 0.15) is 0 Å². The van der Waals surface area contributed by atoms with Gasteiger partial charge in [-0.1, -0.05) is 46.9 Å². The number of benzene rings is 1. The smallest absolute Gasteiger partial charge is 0.163 e. The second-order valence-corrected chi connectivity index (χ2v) is 5.52. The molecule has 0 saturated carbocycles. The van der Waals surface area contributed by atoms with Gasteiger partial charge in [0.15, 0.2) is 5.78 Å². The highest BCUT2D eigenvalue weighted by atomic mass is 127. The first-order valence-electron chi connectivity index (χ1n) is 5.02. The summed E-state index contributed by atoms with van der Waals surface area (Å²) in [5.74, 6) is 0.321. The quantitative estimate of drug-likeness (QED) is 0.530. The molecule has 1 aliphatic rings. The van der Waals surface area contributed by atoms with Gasteiger partial charge in [0, 0.05) is 15.9 Å². The van der Waals surface area contributed by atoms with Gasteiger partial charge in [-0.2, -0.15) is 0 Å². The molecule has 0 radical (unpaired) electrons. The molecular weight excluding hydrogens is 287 g/mol. The lowest BCUT2D eigenvalue weighted by Gasteiger charge is -2.16. The Balaban J connectivity index is 2.33. The highest BCUT2D eigenvalue weighted by Crippen LogP contribution is 2.23. The SMILES string of the molecule is O=C1CCC(I)CCc2ccccc21. The summed E-state index contributed by atoms with van der Waals surface area (Å²) in [7, 11) is 0. The van der Waals surface area contributed by atoms with E-state index in [-0.39, 0.29) is 0 Å². The van der Waals surface area contributed by atoms with E-state index in [1.165, 1.54) is 12.0 Å². The Bertz CT molecular complexity index is 346. The third-order valence-corrected chi connectivity index (χ3v) is 3.97. The third-order valence-electron chi connectivity index (χ3n) is 2.73. The number of hydrogen-bond donors (Lipinski definition) is 0. The maximum Gasteiger partial charge on any atom is 0.163 e. The summed E-state index contributed by atoms with van der Waals surface area (Å²) in [6, 6.07) is 8.03. The highest BCUT2D eigenvalue weighted by molar-refractivity contribution is 14.1. The number of Topliss-reactive ketones (excluding diaryl/α,β-unsaturated/α-hetero) is 1. The molecule has 1 atom stereocenters. The van der Waals surface area contributed by atoms with Crippen LogP contribution in [-0.4, -0.2) is 9.71 Å². The molecule has 0 heterocycles.